The maximum absolute atomic E-state index is 12.7. The van der Waals surface area contributed by atoms with Crippen molar-refractivity contribution in [1.29, 1.82) is 0 Å². The maximum Gasteiger partial charge on any atom is 0.322 e. The molecule has 8 nitrogen and oxygen atoms in total. The van der Waals surface area contributed by atoms with Crippen LogP contribution in [0.25, 0.3) is 0 Å². The molecule has 2 aromatic rings. The van der Waals surface area contributed by atoms with E-state index in [4.69, 9.17) is 9.47 Å². The Labute approximate surface area is 156 Å². The smallest absolute Gasteiger partial charge is 0.322 e. The topological polar surface area (TPSA) is 92.8 Å². The summed E-state index contributed by atoms with van der Waals surface area (Å²) in [5.74, 6) is 0.217. The van der Waals surface area contributed by atoms with Gasteiger partial charge in [0.1, 0.15) is 10.8 Å². The van der Waals surface area contributed by atoms with Gasteiger partial charge in [0.15, 0.2) is 0 Å². The van der Waals surface area contributed by atoms with Crippen LogP contribution < -0.4 is 15.4 Å². The molecular weight excluding hydrogens is 356 g/mol. The van der Waals surface area contributed by atoms with Crippen molar-refractivity contribution in [2.75, 3.05) is 39.7 Å². The molecule has 1 aromatic heterocycles. The summed E-state index contributed by atoms with van der Waals surface area (Å²) in [5, 5.41) is 8.04. The Balaban J connectivity index is 2.19. The van der Waals surface area contributed by atoms with E-state index in [1.165, 1.54) is 18.4 Å². The van der Waals surface area contributed by atoms with Gasteiger partial charge < -0.3 is 25.0 Å². The Hall–Kier alpha value is -2.65. The van der Waals surface area contributed by atoms with Gasteiger partial charge in [-0.3, -0.25) is 4.79 Å². The zero-order valence-electron chi connectivity index (χ0n) is 14.9. The first kappa shape index (κ1) is 19.7. The molecule has 26 heavy (non-hydrogen) atoms. The van der Waals surface area contributed by atoms with Gasteiger partial charge in [-0.1, -0.05) is 0 Å². The number of thiazole rings is 1. The van der Waals surface area contributed by atoms with Crippen LogP contribution in [0.3, 0.4) is 0 Å². The van der Waals surface area contributed by atoms with Crippen LogP contribution in [0.15, 0.2) is 29.8 Å². The zero-order chi connectivity index (χ0) is 18.9. The number of nitrogens with zero attached hydrogens (tertiary/aromatic N) is 2. The highest BCUT2D eigenvalue weighted by Crippen LogP contribution is 2.26. The monoisotopic (exact) mass is 378 g/mol. The molecule has 2 N–H and O–H groups in total. The first-order valence-electron chi connectivity index (χ1n) is 7.92. The van der Waals surface area contributed by atoms with Crippen molar-refractivity contribution < 1.29 is 19.1 Å². The van der Waals surface area contributed by atoms with Gasteiger partial charge in [0, 0.05) is 37.8 Å². The van der Waals surface area contributed by atoms with Crippen molar-refractivity contribution in [3.05, 3.63) is 40.3 Å². The largest absolute Gasteiger partial charge is 0.495 e. The number of hydrogen-bond acceptors (Lipinski definition) is 6. The minimum Gasteiger partial charge on any atom is -0.495 e. The van der Waals surface area contributed by atoms with Gasteiger partial charge in [-0.2, -0.15) is 0 Å². The first-order chi connectivity index (χ1) is 12.6. The highest BCUT2D eigenvalue weighted by atomic mass is 32.1. The Morgan fingerprint density at radius 1 is 1.31 bits per heavy atom. The molecule has 0 aliphatic heterocycles. The molecule has 0 saturated carbocycles. The maximum atomic E-state index is 12.7. The van der Waals surface area contributed by atoms with E-state index >= 15 is 0 Å². The predicted octanol–water partition coefficient (Wildman–Crippen LogP) is 2.19. The van der Waals surface area contributed by atoms with Crippen LogP contribution in [0.5, 0.6) is 5.75 Å². The van der Waals surface area contributed by atoms with Crippen molar-refractivity contribution in [2.24, 2.45) is 0 Å². The van der Waals surface area contributed by atoms with Crippen LogP contribution in [-0.4, -0.2) is 56.2 Å². The lowest BCUT2D eigenvalue weighted by Gasteiger charge is -2.22. The molecule has 9 heteroatoms. The number of carbonyl (C=O) groups is 2. The highest BCUT2D eigenvalue weighted by molar-refractivity contribution is 7.09. The molecule has 0 aliphatic carbocycles. The number of carbonyl (C=O) groups excluding carboxylic acids is 2. The molecule has 1 heterocycles. The predicted molar refractivity (Wildman–Crippen MR) is 99.8 cm³/mol. The quantitative estimate of drug-likeness (QED) is 0.735. The Bertz CT molecular complexity index is 736. The van der Waals surface area contributed by atoms with Gasteiger partial charge in [-0.15, -0.1) is 11.3 Å². The molecular formula is C17H22N4O4S. The molecule has 0 atom stereocenters. The average molecular weight is 378 g/mol. The van der Waals surface area contributed by atoms with Crippen LogP contribution in [-0.2, 0) is 11.3 Å². The van der Waals surface area contributed by atoms with Gasteiger partial charge >= 0.3 is 6.03 Å². The fourth-order valence-electron chi connectivity index (χ4n) is 2.23. The fourth-order valence-corrected chi connectivity index (χ4v) is 2.86. The SMILES string of the molecule is CNC(=O)c1ccc(OC)c(NC(=O)N(CCOC)Cc2nccs2)c1. The molecule has 0 spiro atoms. The second kappa shape index (κ2) is 9.73. The minimum atomic E-state index is -0.329. The zero-order valence-corrected chi connectivity index (χ0v) is 15.8. The Morgan fingerprint density at radius 3 is 2.73 bits per heavy atom. The number of ether oxygens (including phenoxy) is 2. The van der Waals surface area contributed by atoms with Gasteiger partial charge in [0.25, 0.3) is 5.91 Å². The summed E-state index contributed by atoms with van der Waals surface area (Å²) in [5.41, 5.74) is 0.840. The third kappa shape index (κ3) is 5.17. The minimum absolute atomic E-state index is 0.248. The van der Waals surface area contributed by atoms with Gasteiger partial charge in [0.05, 0.1) is 25.9 Å². The average Bonchev–Trinajstić information content (AvgIpc) is 3.17. The summed E-state index contributed by atoms with van der Waals surface area (Å²) in [6.07, 6.45) is 1.70. The molecule has 0 unspecified atom stereocenters. The highest BCUT2D eigenvalue weighted by Gasteiger charge is 2.18. The van der Waals surface area contributed by atoms with Crippen LogP contribution in [0.2, 0.25) is 0 Å². The van der Waals surface area contributed by atoms with Crippen molar-refractivity contribution >= 4 is 29.0 Å². The lowest BCUT2D eigenvalue weighted by molar-refractivity contribution is 0.0963. The lowest BCUT2D eigenvalue weighted by Crippen LogP contribution is -2.37. The number of amides is 3. The van der Waals surface area contributed by atoms with Gasteiger partial charge in [-0.05, 0) is 18.2 Å². The van der Waals surface area contributed by atoms with Gasteiger partial charge in [-0.25, -0.2) is 9.78 Å². The van der Waals surface area contributed by atoms with E-state index in [-0.39, 0.29) is 11.9 Å². The summed E-state index contributed by atoms with van der Waals surface area (Å²) in [4.78, 5) is 30.4. The van der Waals surface area contributed by atoms with Crippen molar-refractivity contribution in [1.82, 2.24) is 15.2 Å². The number of hydrogen-bond donors (Lipinski definition) is 2. The van der Waals surface area contributed by atoms with E-state index in [0.717, 1.165) is 5.01 Å². The molecule has 0 radical (unpaired) electrons. The summed E-state index contributed by atoms with van der Waals surface area (Å²) in [7, 11) is 4.63. The van der Waals surface area contributed by atoms with Crippen molar-refractivity contribution in [3.8, 4) is 5.75 Å². The number of rotatable bonds is 8. The van der Waals surface area contributed by atoms with Crippen LogP contribution in [0.4, 0.5) is 10.5 Å². The molecule has 0 bridgehead atoms. The number of aromatic nitrogens is 1. The van der Waals surface area contributed by atoms with Crippen molar-refractivity contribution in [3.63, 3.8) is 0 Å². The fraction of sp³-hybridized carbons (Fsp3) is 0.353. The van der Waals surface area contributed by atoms with Gasteiger partial charge in [0.2, 0.25) is 0 Å². The normalized spacial score (nSPS) is 10.3. The molecule has 3 amide bonds. The third-order valence-corrected chi connectivity index (χ3v) is 4.36. The van der Waals surface area contributed by atoms with E-state index < -0.39 is 0 Å². The molecule has 0 saturated heterocycles. The van der Waals surface area contributed by atoms with Crippen LogP contribution >= 0.6 is 11.3 Å². The third-order valence-electron chi connectivity index (χ3n) is 3.59. The molecule has 1 aromatic carbocycles. The summed E-state index contributed by atoms with van der Waals surface area (Å²) < 4.78 is 10.4. The first-order valence-corrected chi connectivity index (χ1v) is 8.80. The summed E-state index contributed by atoms with van der Waals surface area (Å²) in [6, 6.07) is 4.52. The molecule has 2 rings (SSSR count). The van der Waals surface area contributed by atoms with Crippen LogP contribution in [0, 0.1) is 0 Å². The number of nitrogens with one attached hydrogen (secondary N) is 2. The Morgan fingerprint density at radius 2 is 2.12 bits per heavy atom. The van der Waals surface area contributed by atoms with E-state index in [1.54, 1.807) is 43.5 Å². The summed E-state index contributed by atoms with van der Waals surface area (Å²) in [6.45, 7) is 1.16. The van der Waals surface area contributed by atoms with Crippen LogP contribution in [0.1, 0.15) is 15.4 Å². The molecule has 140 valence electrons. The second-order valence-electron chi connectivity index (χ2n) is 5.26. The Kier molecular flexibility index (Phi) is 7.37. The number of methoxy groups -OCH3 is 2. The van der Waals surface area contributed by atoms with E-state index in [2.05, 4.69) is 15.6 Å². The number of anilines is 1. The van der Waals surface area contributed by atoms with Crippen molar-refractivity contribution in [2.45, 2.75) is 6.54 Å². The van der Waals surface area contributed by atoms with E-state index in [9.17, 15) is 9.59 Å². The lowest BCUT2D eigenvalue weighted by atomic mass is 10.1. The summed E-state index contributed by atoms with van der Waals surface area (Å²) >= 11 is 1.47. The molecule has 0 fully saturated rings. The second-order valence-corrected chi connectivity index (χ2v) is 6.24. The number of benzene rings is 1. The molecule has 0 aliphatic rings. The standard InChI is InChI=1S/C17H22N4O4S/c1-18-16(22)12-4-5-14(25-3)13(10-12)20-17(23)21(7-8-24-2)11-15-19-6-9-26-15/h4-6,9-10H,7-8,11H2,1-3H3,(H,18,22)(H,20,23). The van der Waals surface area contributed by atoms with E-state index in [1.807, 2.05) is 5.38 Å². The number of urea groups is 1. The van der Waals surface area contributed by atoms with E-state index in [0.29, 0.717) is 36.7 Å².